The minimum absolute atomic E-state index is 0.0703. The summed E-state index contributed by atoms with van der Waals surface area (Å²) >= 11 is 1.26. The number of amides is 1. The number of carbonyl (C=O) groups is 1. The van der Waals surface area contributed by atoms with Gasteiger partial charge in [-0.2, -0.15) is 0 Å². The lowest BCUT2D eigenvalue weighted by Gasteiger charge is -2.20. The Kier molecular flexibility index (Phi) is 4.68. The van der Waals surface area contributed by atoms with Crippen LogP contribution in [0.25, 0.3) is 0 Å². The van der Waals surface area contributed by atoms with Gasteiger partial charge in [-0.3, -0.25) is 9.78 Å². The molecule has 0 aromatic carbocycles. The number of hydrogen-bond donors (Lipinski definition) is 2. The quantitative estimate of drug-likeness (QED) is 0.887. The van der Waals surface area contributed by atoms with Crippen LogP contribution in [0.3, 0.4) is 0 Å². The first kappa shape index (κ1) is 14.5. The highest BCUT2D eigenvalue weighted by Gasteiger charge is 2.18. The number of aromatic nitrogens is 2. The maximum atomic E-state index is 12.2. The van der Waals surface area contributed by atoms with E-state index >= 15 is 0 Å². The third-order valence-corrected chi connectivity index (χ3v) is 3.53. The van der Waals surface area contributed by atoms with Crippen LogP contribution in [-0.4, -0.2) is 15.9 Å². The smallest absolute Gasteiger partial charge is 0.271 e. The standard InChI is InChI=1S/C14H18N4OS/c1-9(2)6-11(10-4-3-5-16-7-10)17-13(19)12-8-20-14(15)18-12/h3-5,7-9,11H,6H2,1-2H3,(H2,15,18)(H,17,19)/t11-/m0/s1. The first-order valence-corrected chi connectivity index (χ1v) is 7.36. The van der Waals surface area contributed by atoms with E-state index in [1.807, 2.05) is 12.1 Å². The van der Waals surface area contributed by atoms with Crippen LogP contribution in [0.15, 0.2) is 29.9 Å². The number of carbonyl (C=O) groups excluding carboxylic acids is 1. The second kappa shape index (κ2) is 6.47. The number of hydrogen-bond acceptors (Lipinski definition) is 5. The number of nitrogens with zero attached hydrogens (tertiary/aromatic N) is 2. The predicted octanol–water partition coefficient (Wildman–Crippen LogP) is 2.64. The number of thiazole rings is 1. The van der Waals surface area contributed by atoms with E-state index in [1.54, 1.807) is 17.8 Å². The molecule has 0 bridgehead atoms. The molecule has 0 saturated heterocycles. The lowest BCUT2D eigenvalue weighted by molar-refractivity contribution is 0.0927. The summed E-state index contributed by atoms with van der Waals surface area (Å²) in [5.74, 6) is 0.258. The van der Waals surface area contributed by atoms with Crippen LogP contribution in [-0.2, 0) is 0 Å². The van der Waals surface area contributed by atoms with Crippen LogP contribution in [0, 0.1) is 5.92 Å². The summed E-state index contributed by atoms with van der Waals surface area (Å²) in [6, 6.07) is 3.77. The Bertz CT molecular complexity index is 568. The molecule has 1 atom stereocenters. The highest BCUT2D eigenvalue weighted by atomic mass is 32.1. The van der Waals surface area contributed by atoms with E-state index < -0.39 is 0 Å². The van der Waals surface area contributed by atoms with Crippen molar-refractivity contribution in [1.29, 1.82) is 0 Å². The maximum absolute atomic E-state index is 12.2. The Morgan fingerprint density at radius 2 is 2.30 bits per heavy atom. The first-order valence-electron chi connectivity index (χ1n) is 6.48. The fourth-order valence-corrected chi connectivity index (χ4v) is 2.50. The van der Waals surface area contributed by atoms with Crippen molar-refractivity contribution < 1.29 is 4.79 Å². The van der Waals surface area contributed by atoms with Gasteiger partial charge in [0.2, 0.25) is 0 Å². The van der Waals surface area contributed by atoms with Crippen LogP contribution >= 0.6 is 11.3 Å². The van der Waals surface area contributed by atoms with Crippen LogP contribution < -0.4 is 11.1 Å². The van der Waals surface area contributed by atoms with E-state index in [0.29, 0.717) is 16.7 Å². The average Bonchev–Trinajstić information content (AvgIpc) is 2.85. The molecule has 2 rings (SSSR count). The van der Waals surface area contributed by atoms with Gasteiger partial charge in [0.05, 0.1) is 6.04 Å². The van der Waals surface area contributed by atoms with E-state index in [2.05, 4.69) is 29.1 Å². The second-order valence-electron chi connectivity index (χ2n) is 5.01. The number of pyridine rings is 1. The summed E-state index contributed by atoms with van der Waals surface area (Å²) in [4.78, 5) is 20.3. The molecule has 20 heavy (non-hydrogen) atoms. The first-order chi connectivity index (χ1) is 9.56. The molecule has 3 N–H and O–H groups in total. The topological polar surface area (TPSA) is 80.9 Å². The van der Waals surface area contributed by atoms with E-state index in [4.69, 9.17) is 5.73 Å². The van der Waals surface area contributed by atoms with Crippen molar-refractivity contribution in [2.24, 2.45) is 5.92 Å². The number of nitrogen functional groups attached to an aromatic ring is 1. The van der Waals surface area contributed by atoms with Gasteiger partial charge in [-0.25, -0.2) is 4.98 Å². The van der Waals surface area contributed by atoms with Crippen molar-refractivity contribution in [2.75, 3.05) is 5.73 Å². The minimum Gasteiger partial charge on any atom is -0.375 e. The molecule has 5 nitrogen and oxygen atoms in total. The zero-order chi connectivity index (χ0) is 14.5. The summed E-state index contributed by atoms with van der Waals surface area (Å²) in [6.07, 6.45) is 4.35. The summed E-state index contributed by atoms with van der Waals surface area (Å²) < 4.78 is 0. The number of nitrogens with one attached hydrogen (secondary N) is 1. The minimum atomic E-state index is -0.201. The van der Waals surface area contributed by atoms with Crippen LogP contribution in [0.1, 0.15) is 42.4 Å². The van der Waals surface area contributed by atoms with Gasteiger partial charge in [-0.1, -0.05) is 19.9 Å². The van der Waals surface area contributed by atoms with Gasteiger partial charge in [0.25, 0.3) is 5.91 Å². The molecule has 0 fully saturated rings. The molecule has 0 aliphatic rings. The Hall–Kier alpha value is -1.95. The fourth-order valence-electron chi connectivity index (χ4n) is 1.96. The van der Waals surface area contributed by atoms with Crippen LogP contribution in [0.5, 0.6) is 0 Å². The SMILES string of the molecule is CC(C)C[C@H](NC(=O)c1csc(N)n1)c1cccnc1. The Balaban J connectivity index is 2.14. The van der Waals surface area contributed by atoms with E-state index in [0.717, 1.165) is 12.0 Å². The number of rotatable bonds is 5. The molecule has 2 aromatic heterocycles. The molecule has 0 aliphatic heterocycles. The maximum Gasteiger partial charge on any atom is 0.271 e. The van der Waals surface area contributed by atoms with Gasteiger partial charge >= 0.3 is 0 Å². The molecule has 0 spiro atoms. The summed E-state index contributed by atoms with van der Waals surface area (Å²) in [5.41, 5.74) is 6.92. The van der Waals surface area contributed by atoms with Gasteiger partial charge in [-0.05, 0) is 24.0 Å². The summed E-state index contributed by atoms with van der Waals surface area (Å²) in [5, 5.41) is 5.07. The van der Waals surface area contributed by atoms with Crippen molar-refractivity contribution in [3.05, 3.63) is 41.2 Å². The largest absolute Gasteiger partial charge is 0.375 e. The molecule has 0 aliphatic carbocycles. The normalized spacial score (nSPS) is 12.3. The highest BCUT2D eigenvalue weighted by molar-refractivity contribution is 7.13. The molecule has 1 amide bonds. The van der Waals surface area contributed by atoms with E-state index in [1.165, 1.54) is 11.3 Å². The lowest BCUT2D eigenvalue weighted by Crippen LogP contribution is -2.29. The Labute approximate surface area is 122 Å². The molecule has 0 unspecified atom stereocenters. The predicted molar refractivity (Wildman–Crippen MR) is 80.4 cm³/mol. The summed E-state index contributed by atoms with van der Waals surface area (Å²) in [6.45, 7) is 4.24. The molecule has 106 valence electrons. The van der Waals surface area contributed by atoms with Crippen LogP contribution in [0.2, 0.25) is 0 Å². The van der Waals surface area contributed by atoms with Crippen molar-refractivity contribution in [1.82, 2.24) is 15.3 Å². The molecular formula is C14H18N4OS. The Morgan fingerprint density at radius 3 is 2.85 bits per heavy atom. The average molecular weight is 290 g/mol. The molecule has 2 aromatic rings. The zero-order valence-corrected chi connectivity index (χ0v) is 12.4. The van der Waals surface area contributed by atoms with Crippen LogP contribution in [0.4, 0.5) is 5.13 Å². The Morgan fingerprint density at radius 1 is 1.50 bits per heavy atom. The van der Waals surface area contributed by atoms with Crippen molar-refractivity contribution in [3.8, 4) is 0 Å². The van der Waals surface area contributed by atoms with Gasteiger partial charge in [0.15, 0.2) is 5.13 Å². The van der Waals surface area contributed by atoms with E-state index in [9.17, 15) is 4.79 Å². The number of anilines is 1. The molecule has 0 radical (unpaired) electrons. The highest BCUT2D eigenvalue weighted by Crippen LogP contribution is 2.21. The van der Waals surface area contributed by atoms with Crippen molar-refractivity contribution in [3.63, 3.8) is 0 Å². The molecule has 6 heteroatoms. The molecular weight excluding hydrogens is 272 g/mol. The van der Waals surface area contributed by atoms with Gasteiger partial charge < -0.3 is 11.1 Å². The lowest BCUT2D eigenvalue weighted by atomic mass is 9.98. The second-order valence-corrected chi connectivity index (χ2v) is 5.90. The fraction of sp³-hybridized carbons (Fsp3) is 0.357. The molecule has 0 saturated carbocycles. The van der Waals surface area contributed by atoms with E-state index in [-0.39, 0.29) is 11.9 Å². The summed E-state index contributed by atoms with van der Waals surface area (Å²) in [7, 11) is 0. The third-order valence-electron chi connectivity index (χ3n) is 2.85. The van der Waals surface area contributed by atoms with Gasteiger partial charge in [0.1, 0.15) is 5.69 Å². The van der Waals surface area contributed by atoms with Gasteiger partial charge in [0, 0.05) is 17.8 Å². The number of nitrogens with two attached hydrogens (primary N) is 1. The molecule has 2 heterocycles. The third kappa shape index (κ3) is 3.77. The van der Waals surface area contributed by atoms with Gasteiger partial charge in [-0.15, -0.1) is 11.3 Å². The van der Waals surface area contributed by atoms with Crippen molar-refractivity contribution >= 4 is 22.4 Å². The monoisotopic (exact) mass is 290 g/mol. The zero-order valence-electron chi connectivity index (χ0n) is 11.5. The van der Waals surface area contributed by atoms with Crippen molar-refractivity contribution in [2.45, 2.75) is 26.3 Å².